The normalized spacial score (nSPS) is 22.3. The third-order valence-electron chi connectivity index (χ3n) is 2.70. The van der Waals surface area contributed by atoms with Gasteiger partial charge in [0.25, 0.3) is 0 Å². The standard InChI is InChI=1S/C9H10F2N2O4S2/c10-8-2-1-7(9(11)12-8)13-19(16,17)6-3-4-18(14,15)5-6/h1-2,6,13H,3-5H2. The van der Waals surface area contributed by atoms with Crippen molar-refractivity contribution in [1.82, 2.24) is 4.98 Å². The lowest BCUT2D eigenvalue weighted by atomic mass is 10.4. The largest absolute Gasteiger partial charge is 0.279 e. The van der Waals surface area contributed by atoms with E-state index in [4.69, 9.17) is 0 Å². The van der Waals surface area contributed by atoms with Crippen LogP contribution in [0.3, 0.4) is 0 Å². The Balaban J connectivity index is 2.23. The molecule has 1 fully saturated rings. The van der Waals surface area contributed by atoms with Crippen molar-refractivity contribution in [3.8, 4) is 0 Å². The Morgan fingerprint density at radius 2 is 2.00 bits per heavy atom. The number of sulfonamides is 1. The summed E-state index contributed by atoms with van der Waals surface area (Å²) in [5.41, 5.74) is -0.509. The van der Waals surface area contributed by atoms with E-state index in [1.54, 1.807) is 0 Å². The second kappa shape index (κ2) is 4.67. The van der Waals surface area contributed by atoms with Gasteiger partial charge in [0.2, 0.25) is 21.9 Å². The van der Waals surface area contributed by atoms with Crippen molar-refractivity contribution in [1.29, 1.82) is 0 Å². The van der Waals surface area contributed by atoms with Crippen LogP contribution >= 0.6 is 0 Å². The summed E-state index contributed by atoms with van der Waals surface area (Å²) >= 11 is 0. The molecule has 6 nitrogen and oxygen atoms in total. The van der Waals surface area contributed by atoms with E-state index in [0.717, 1.165) is 12.1 Å². The Hall–Kier alpha value is -1.29. The van der Waals surface area contributed by atoms with Gasteiger partial charge in [-0.1, -0.05) is 0 Å². The Bertz CT molecular complexity index is 703. The minimum atomic E-state index is -4.05. The van der Waals surface area contributed by atoms with Crippen LogP contribution in [-0.2, 0) is 19.9 Å². The molecule has 0 aromatic carbocycles. The van der Waals surface area contributed by atoms with Gasteiger partial charge in [-0.2, -0.15) is 13.8 Å². The molecule has 1 unspecified atom stereocenters. The highest BCUT2D eigenvalue weighted by atomic mass is 32.2. The zero-order valence-corrected chi connectivity index (χ0v) is 11.1. The van der Waals surface area contributed by atoms with Gasteiger partial charge in [0.1, 0.15) is 5.69 Å². The van der Waals surface area contributed by atoms with Crippen molar-refractivity contribution in [2.24, 2.45) is 0 Å². The maximum absolute atomic E-state index is 13.2. The van der Waals surface area contributed by atoms with E-state index in [1.165, 1.54) is 0 Å². The highest BCUT2D eigenvalue weighted by molar-refractivity contribution is 7.97. The second-order valence-electron chi connectivity index (χ2n) is 4.14. The van der Waals surface area contributed by atoms with E-state index in [0.29, 0.717) is 0 Å². The van der Waals surface area contributed by atoms with Gasteiger partial charge in [-0.25, -0.2) is 16.8 Å². The highest BCUT2D eigenvalue weighted by Gasteiger charge is 2.37. The van der Waals surface area contributed by atoms with Crippen LogP contribution < -0.4 is 4.72 Å². The number of rotatable bonds is 3. The maximum atomic E-state index is 13.2. The molecule has 0 spiro atoms. The number of nitrogens with zero attached hydrogens (tertiary/aromatic N) is 1. The fourth-order valence-electron chi connectivity index (χ4n) is 1.73. The molecule has 1 aromatic rings. The lowest BCUT2D eigenvalue weighted by Crippen LogP contribution is -2.29. The smallest absolute Gasteiger partial charge is 0.239 e. The summed E-state index contributed by atoms with van der Waals surface area (Å²) in [4.78, 5) is 2.83. The molecule has 0 aliphatic carbocycles. The van der Waals surface area contributed by atoms with Crippen molar-refractivity contribution in [2.45, 2.75) is 11.7 Å². The summed E-state index contributed by atoms with van der Waals surface area (Å²) in [7, 11) is -7.43. The van der Waals surface area contributed by atoms with Crippen molar-refractivity contribution in [2.75, 3.05) is 16.2 Å². The number of pyridine rings is 1. The number of sulfone groups is 1. The Morgan fingerprint density at radius 3 is 2.53 bits per heavy atom. The fraction of sp³-hybridized carbons (Fsp3) is 0.444. The number of halogens is 2. The van der Waals surface area contributed by atoms with E-state index in [9.17, 15) is 25.6 Å². The molecule has 2 rings (SSSR count). The van der Waals surface area contributed by atoms with E-state index >= 15 is 0 Å². The van der Waals surface area contributed by atoms with Crippen molar-refractivity contribution in [3.63, 3.8) is 0 Å². The Labute approximate surface area is 108 Å². The molecule has 19 heavy (non-hydrogen) atoms. The molecule has 1 aromatic heterocycles. The molecule has 0 radical (unpaired) electrons. The summed E-state index contributed by atoms with van der Waals surface area (Å²) < 4.78 is 73.9. The van der Waals surface area contributed by atoms with Gasteiger partial charge in [-0.3, -0.25) is 4.72 Å². The average molecular weight is 312 g/mol. The fourth-order valence-corrected chi connectivity index (χ4v) is 5.82. The molecular formula is C9H10F2N2O4S2. The second-order valence-corrected chi connectivity index (χ2v) is 8.33. The third-order valence-corrected chi connectivity index (χ3v) is 6.46. The number of anilines is 1. The first-order valence-electron chi connectivity index (χ1n) is 5.24. The Kier molecular flexibility index (Phi) is 3.47. The number of hydrogen-bond acceptors (Lipinski definition) is 5. The molecule has 2 heterocycles. The molecule has 1 saturated heterocycles. The molecule has 0 bridgehead atoms. The summed E-state index contributed by atoms with van der Waals surface area (Å²) in [6.07, 6.45) is -0.0477. The van der Waals surface area contributed by atoms with E-state index in [2.05, 4.69) is 4.98 Å². The predicted molar refractivity (Wildman–Crippen MR) is 63.8 cm³/mol. The average Bonchev–Trinajstić information content (AvgIpc) is 2.64. The summed E-state index contributed by atoms with van der Waals surface area (Å²) in [6.45, 7) is 0. The molecular weight excluding hydrogens is 302 g/mol. The van der Waals surface area contributed by atoms with E-state index in [-0.39, 0.29) is 12.2 Å². The van der Waals surface area contributed by atoms with Gasteiger partial charge < -0.3 is 0 Å². The topological polar surface area (TPSA) is 93.2 Å². The number of nitrogens with one attached hydrogen (secondary N) is 1. The van der Waals surface area contributed by atoms with Crippen LogP contribution in [0.5, 0.6) is 0 Å². The van der Waals surface area contributed by atoms with Gasteiger partial charge in [0, 0.05) is 0 Å². The number of hydrogen-bond donors (Lipinski definition) is 1. The van der Waals surface area contributed by atoms with Crippen LogP contribution in [0.15, 0.2) is 12.1 Å². The first kappa shape index (κ1) is 14.1. The molecule has 0 amide bonds. The van der Waals surface area contributed by atoms with Crippen LogP contribution in [-0.4, -0.2) is 38.6 Å². The molecule has 106 valence electrons. The van der Waals surface area contributed by atoms with Crippen LogP contribution in [0, 0.1) is 11.9 Å². The summed E-state index contributed by atoms with van der Waals surface area (Å²) in [5.74, 6) is -3.10. The molecule has 10 heteroatoms. The molecule has 1 N–H and O–H groups in total. The van der Waals surface area contributed by atoms with Crippen LogP contribution in [0.2, 0.25) is 0 Å². The van der Waals surface area contributed by atoms with Crippen molar-refractivity contribution in [3.05, 3.63) is 24.0 Å². The zero-order chi connectivity index (χ0) is 14.3. The van der Waals surface area contributed by atoms with Gasteiger partial charge >= 0.3 is 0 Å². The molecule has 1 aliphatic rings. The number of aromatic nitrogens is 1. The summed E-state index contributed by atoms with van der Waals surface area (Å²) in [5, 5.41) is -1.14. The first-order chi connectivity index (χ1) is 8.70. The van der Waals surface area contributed by atoms with Gasteiger partial charge in [-0.15, -0.1) is 0 Å². The van der Waals surface area contributed by atoms with Crippen LogP contribution in [0.25, 0.3) is 0 Å². The quantitative estimate of drug-likeness (QED) is 0.810. The van der Waals surface area contributed by atoms with Gasteiger partial charge in [0.05, 0.1) is 16.8 Å². The Morgan fingerprint density at radius 1 is 1.32 bits per heavy atom. The lowest BCUT2D eigenvalue weighted by molar-refractivity contribution is 0.515. The molecule has 1 aliphatic heterocycles. The van der Waals surface area contributed by atoms with Gasteiger partial charge in [-0.05, 0) is 18.6 Å². The van der Waals surface area contributed by atoms with E-state index < -0.39 is 48.4 Å². The zero-order valence-electron chi connectivity index (χ0n) is 9.51. The van der Waals surface area contributed by atoms with Crippen LogP contribution in [0.4, 0.5) is 14.5 Å². The summed E-state index contributed by atoms with van der Waals surface area (Å²) in [6, 6.07) is 1.69. The lowest BCUT2D eigenvalue weighted by Gasteiger charge is -2.12. The SMILES string of the molecule is O=S1(=O)CCC(S(=O)(=O)Nc2ccc(F)nc2F)C1. The predicted octanol–water partition coefficient (Wildman–Crippen LogP) is 0.289. The van der Waals surface area contributed by atoms with E-state index in [1.807, 2.05) is 4.72 Å². The van der Waals surface area contributed by atoms with Crippen molar-refractivity contribution < 1.29 is 25.6 Å². The highest BCUT2D eigenvalue weighted by Crippen LogP contribution is 2.22. The molecule has 1 atom stereocenters. The third kappa shape index (κ3) is 3.18. The first-order valence-corrected chi connectivity index (χ1v) is 8.60. The minimum absolute atomic E-state index is 0.0477. The van der Waals surface area contributed by atoms with Crippen molar-refractivity contribution >= 4 is 25.5 Å². The minimum Gasteiger partial charge on any atom is -0.279 e. The maximum Gasteiger partial charge on any atom is 0.239 e. The van der Waals surface area contributed by atoms with Gasteiger partial charge in [0.15, 0.2) is 9.84 Å². The molecule has 0 saturated carbocycles. The van der Waals surface area contributed by atoms with Crippen LogP contribution in [0.1, 0.15) is 6.42 Å². The monoisotopic (exact) mass is 312 g/mol.